The molecule has 0 amide bonds. The second-order valence-corrected chi connectivity index (χ2v) is 9.46. The van der Waals surface area contributed by atoms with Crippen LogP contribution >= 0.6 is 0 Å². The second kappa shape index (κ2) is 20.2. The summed E-state index contributed by atoms with van der Waals surface area (Å²) in [7, 11) is -4.25. The van der Waals surface area contributed by atoms with Gasteiger partial charge in [0.25, 0.3) is 0 Å². The van der Waals surface area contributed by atoms with Crippen molar-refractivity contribution >= 4 is 10.1 Å². The molecule has 0 aliphatic heterocycles. The zero-order valence-electron chi connectivity index (χ0n) is 18.3. The Labute approximate surface area is 191 Å². The van der Waals surface area contributed by atoms with E-state index < -0.39 is 21.5 Å². The first-order valence-electron chi connectivity index (χ1n) is 11.0. The molecule has 2 atom stereocenters. The van der Waals surface area contributed by atoms with E-state index >= 15 is 0 Å². The molecule has 0 saturated carbocycles. The van der Waals surface area contributed by atoms with Crippen LogP contribution in [0.1, 0.15) is 123 Å². The molecule has 0 rings (SSSR count). The standard InChI is InChI=1S/C21H44O4S.Na/c1-3-5-7-8-9-10-11-12-13-14-15-17-21(26(23,24)25)19-18-20(22)16-6-4-2;/h20-22H,3-19H2,1-2H3,(H,23,24,25);/q;+1/p-1. The molecule has 1 N–H and O–H groups in total. The number of unbranched alkanes of at least 4 members (excludes halogenated alkanes) is 11. The van der Waals surface area contributed by atoms with Crippen molar-refractivity contribution in [1.29, 1.82) is 0 Å². The van der Waals surface area contributed by atoms with Crippen molar-refractivity contribution < 1.29 is 47.6 Å². The van der Waals surface area contributed by atoms with Gasteiger partial charge in [-0.2, -0.15) is 0 Å². The maximum atomic E-state index is 11.4. The monoisotopic (exact) mass is 414 g/mol. The van der Waals surface area contributed by atoms with Crippen molar-refractivity contribution in [3.8, 4) is 0 Å². The first-order chi connectivity index (χ1) is 12.4. The molecule has 0 aliphatic carbocycles. The van der Waals surface area contributed by atoms with E-state index in [1.165, 1.54) is 51.4 Å². The van der Waals surface area contributed by atoms with Crippen LogP contribution in [0.2, 0.25) is 0 Å². The van der Waals surface area contributed by atoms with E-state index in [1.807, 2.05) is 0 Å². The normalized spacial score (nSPS) is 13.9. The predicted molar refractivity (Wildman–Crippen MR) is 109 cm³/mol. The summed E-state index contributed by atoms with van der Waals surface area (Å²) in [5.74, 6) is 0. The minimum absolute atomic E-state index is 0. The molecular weight excluding hydrogens is 371 g/mol. The summed E-state index contributed by atoms with van der Waals surface area (Å²) >= 11 is 0. The molecule has 0 aromatic rings. The molecule has 27 heavy (non-hydrogen) atoms. The van der Waals surface area contributed by atoms with Gasteiger partial charge < -0.3 is 9.66 Å². The number of aliphatic hydroxyl groups excluding tert-OH is 1. The number of aliphatic hydroxyl groups is 1. The summed E-state index contributed by atoms with van der Waals surface area (Å²) in [6, 6.07) is 0. The number of hydrogen-bond donors (Lipinski definition) is 1. The summed E-state index contributed by atoms with van der Waals surface area (Å²) in [6.07, 6.45) is 16.7. The van der Waals surface area contributed by atoms with Crippen LogP contribution in [0.3, 0.4) is 0 Å². The maximum absolute atomic E-state index is 11.4. The van der Waals surface area contributed by atoms with Gasteiger partial charge in [-0.05, 0) is 25.7 Å². The Hall–Kier alpha value is 0.870. The molecule has 0 aliphatic rings. The third kappa shape index (κ3) is 19.9. The summed E-state index contributed by atoms with van der Waals surface area (Å²) in [5, 5.41) is 9.04. The van der Waals surface area contributed by atoms with E-state index in [-0.39, 0.29) is 29.6 Å². The molecule has 0 fully saturated rings. The van der Waals surface area contributed by atoms with Gasteiger partial charge in [-0.1, -0.05) is 97.3 Å². The van der Waals surface area contributed by atoms with Gasteiger partial charge in [0.05, 0.1) is 16.2 Å². The molecule has 158 valence electrons. The fourth-order valence-corrected chi connectivity index (χ4v) is 4.31. The van der Waals surface area contributed by atoms with E-state index in [2.05, 4.69) is 13.8 Å². The first kappa shape index (κ1) is 30.1. The fraction of sp³-hybridized carbons (Fsp3) is 1.00. The molecule has 0 bridgehead atoms. The molecule has 6 heteroatoms. The van der Waals surface area contributed by atoms with Crippen LogP contribution in [0.5, 0.6) is 0 Å². The Morgan fingerprint density at radius 2 is 1.11 bits per heavy atom. The fourth-order valence-electron chi connectivity index (χ4n) is 3.43. The Kier molecular flexibility index (Phi) is 22.4. The minimum atomic E-state index is -4.25. The predicted octanol–water partition coefficient (Wildman–Crippen LogP) is 2.94. The molecular formula is C21H43NaO4S. The molecule has 0 spiro atoms. The van der Waals surface area contributed by atoms with Crippen molar-refractivity contribution in [3.05, 3.63) is 0 Å². The van der Waals surface area contributed by atoms with Gasteiger partial charge in [0.15, 0.2) is 0 Å². The van der Waals surface area contributed by atoms with Crippen LogP contribution < -0.4 is 29.6 Å². The van der Waals surface area contributed by atoms with E-state index in [1.54, 1.807) is 0 Å². The van der Waals surface area contributed by atoms with Gasteiger partial charge in [0.2, 0.25) is 0 Å². The van der Waals surface area contributed by atoms with E-state index in [9.17, 15) is 18.1 Å². The SMILES string of the molecule is CCCCCCCCCCCCCC(CCC(O)CCCC)S(=O)(=O)[O-].[Na+]. The molecule has 0 saturated heterocycles. The average Bonchev–Trinajstić information content (AvgIpc) is 2.59. The summed E-state index contributed by atoms with van der Waals surface area (Å²) in [6.45, 7) is 4.29. The molecule has 0 aromatic heterocycles. The molecule has 2 unspecified atom stereocenters. The van der Waals surface area contributed by atoms with Crippen LogP contribution in [-0.4, -0.2) is 29.4 Å². The van der Waals surface area contributed by atoms with Crippen LogP contribution in [0.15, 0.2) is 0 Å². The topological polar surface area (TPSA) is 77.4 Å². The summed E-state index contributed by atoms with van der Waals surface area (Å²) in [4.78, 5) is 0. The van der Waals surface area contributed by atoms with Crippen molar-refractivity contribution in [2.75, 3.05) is 0 Å². The van der Waals surface area contributed by atoms with E-state index in [0.29, 0.717) is 25.7 Å². The first-order valence-corrected chi connectivity index (χ1v) is 12.5. The minimum Gasteiger partial charge on any atom is -0.748 e. The summed E-state index contributed by atoms with van der Waals surface area (Å²) < 4.78 is 34.3. The van der Waals surface area contributed by atoms with Crippen LogP contribution in [0.25, 0.3) is 0 Å². The Balaban J connectivity index is 0. The van der Waals surface area contributed by atoms with Crippen LogP contribution in [0.4, 0.5) is 0 Å². The van der Waals surface area contributed by atoms with Crippen molar-refractivity contribution in [3.63, 3.8) is 0 Å². The number of hydrogen-bond acceptors (Lipinski definition) is 4. The van der Waals surface area contributed by atoms with Gasteiger partial charge in [-0.15, -0.1) is 0 Å². The largest absolute Gasteiger partial charge is 1.00 e. The number of rotatable bonds is 19. The zero-order valence-corrected chi connectivity index (χ0v) is 21.1. The smallest absolute Gasteiger partial charge is 0.748 e. The van der Waals surface area contributed by atoms with Crippen molar-refractivity contribution in [2.45, 2.75) is 134 Å². The quantitative estimate of drug-likeness (QED) is 0.200. The third-order valence-corrected chi connectivity index (χ3v) is 6.54. The van der Waals surface area contributed by atoms with Crippen LogP contribution in [0, 0.1) is 0 Å². The molecule has 4 nitrogen and oxygen atoms in total. The van der Waals surface area contributed by atoms with E-state index in [0.717, 1.165) is 32.1 Å². The van der Waals surface area contributed by atoms with Gasteiger partial charge in [0.1, 0.15) is 0 Å². The Bertz CT molecular complexity index is 401. The van der Waals surface area contributed by atoms with Gasteiger partial charge in [0, 0.05) is 5.25 Å². The molecule has 0 aromatic carbocycles. The van der Waals surface area contributed by atoms with Crippen molar-refractivity contribution in [1.82, 2.24) is 0 Å². The van der Waals surface area contributed by atoms with Crippen LogP contribution in [-0.2, 0) is 10.1 Å². The summed E-state index contributed by atoms with van der Waals surface area (Å²) in [5.41, 5.74) is 0. The maximum Gasteiger partial charge on any atom is 1.00 e. The van der Waals surface area contributed by atoms with Gasteiger partial charge in [-0.25, -0.2) is 8.42 Å². The Morgan fingerprint density at radius 3 is 1.56 bits per heavy atom. The zero-order chi connectivity index (χ0) is 19.7. The average molecular weight is 415 g/mol. The second-order valence-electron chi connectivity index (χ2n) is 7.81. The van der Waals surface area contributed by atoms with E-state index in [4.69, 9.17) is 0 Å². The Morgan fingerprint density at radius 1 is 0.667 bits per heavy atom. The van der Waals surface area contributed by atoms with Gasteiger partial charge >= 0.3 is 29.6 Å². The molecule has 0 heterocycles. The van der Waals surface area contributed by atoms with Gasteiger partial charge in [-0.3, -0.25) is 0 Å². The molecule has 0 radical (unpaired) electrons. The third-order valence-electron chi connectivity index (χ3n) is 5.25. The van der Waals surface area contributed by atoms with Crippen molar-refractivity contribution in [2.24, 2.45) is 0 Å².